The molecular weight excluding hydrogens is 544 g/mol. The van der Waals surface area contributed by atoms with Crippen LogP contribution in [-0.2, 0) is 9.59 Å². The van der Waals surface area contributed by atoms with Gasteiger partial charge in [0.25, 0.3) is 0 Å². The number of Topliss-reactive ketones (excluding diaryl/α,β-unsaturated/α-hetero) is 2. The average molecular weight is 597 g/mol. The van der Waals surface area contributed by atoms with E-state index in [1.807, 2.05) is 108 Å². The summed E-state index contributed by atoms with van der Waals surface area (Å²) in [4.78, 5) is 24.4. The Labute approximate surface area is 265 Å². The summed E-state index contributed by atoms with van der Waals surface area (Å²) in [5.41, 5.74) is 6.92. The van der Waals surface area contributed by atoms with Gasteiger partial charge < -0.3 is 10.2 Å². The van der Waals surface area contributed by atoms with Crippen LogP contribution in [0.25, 0.3) is 0 Å². The van der Waals surface area contributed by atoms with Crippen molar-refractivity contribution in [1.29, 1.82) is 0 Å². The van der Waals surface area contributed by atoms with E-state index in [0.717, 1.165) is 39.0 Å². The van der Waals surface area contributed by atoms with Gasteiger partial charge in [-0.3, -0.25) is 9.59 Å². The minimum atomic E-state index is -0.907. The van der Waals surface area contributed by atoms with E-state index in [-0.39, 0.29) is 23.4 Å². The first-order chi connectivity index (χ1) is 20.5. The van der Waals surface area contributed by atoms with Crippen molar-refractivity contribution in [2.45, 2.75) is 94.3 Å². The van der Waals surface area contributed by atoms with E-state index in [2.05, 4.69) is 39.0 Å². The predicted octanol–water partition coefficient (Wildman–Crippen LogP) is 8.91. The summed E-state index contributed by atoms with van der Waals surface area (Å²) < 4.78 is 0. The van der Waals surface area contributed by atoms with Crippen molar-refractivity contribution >= 4 is 11.6 Å². The first-order valence-electron chi connectivity index (χ1n) is 15.4. The van der Waals surface area contributed by atoms with Crippen LogP contribution in [0.15, 0.2) is 130 Å². The molecule has 2 aliphatic rings. The van der Waals surface area contributed by atoms with E-state index in [0.29, 0.717) is 12.0 Å². The van der Waals surface area contributed by atoms with Gasteiger partial charge in [-0.25, -0.2) is 0 Å². The van der Waals surface area contributed by atoms with Crippen LogP contribution in [0.3, 0.4) is 0 Å². The fourth-order valence-corrected chi connectivity index (χ4v) is 5.43. The fourth-order valence-electron chi connectivity index (χ4n) is 5.43. The van der Waals surface area contributed by atoms with Gasteiger partial charge in [0.1, 0.15) is 6.10 Å². The summed E-state index contributed by atoms with van der Waals surface area (Å²) >= 11 is 0. The number of aliphatic hydroxyl groups is 2. The van der Waals surface area contributed by atoms with E-state index < -0.39 is 17.6 Å². The highest BCUT2D eigenvalue weighted by molar-refractivity contribution is 6.00. The monoisotopic (exact) mass is 596 g/mol. The largest absolute Gasteiger partial charge is 0.392 e. The first kappa shape index (κ1) is 36.6. The van der Waals surface area contributed by atoms with Gasteiger partial charge in [0, 0.05) is 11.8 Å². The van der Waals surface area contributed by atoms with Crippen LogP contribution in [0.1, 0.15) is 82.1 Å². The maximum atomic E-state index is 12.2. The molecule has 236 valence electrons. The second kappa shape index (κ2) is 15.9. The number of allylic oxidation sites excluding steroid dienone is 20. The van der Waals surface area contributed by atoms with E-state index in [1.54, 1.807) is 6.92 Å². The molecule has 2 aliphatic carbocycles. The summed E-state index contributed by atoms with van der Waals surface area (Å²) in [5, 5.41) is 20.4. The Balaban J connectivity index is 1.95. The maximum absolute atomic E-state index is 12.2. The van der Waals surface area contributed by atoms with Crippen LogP contribution in [0.5, 0.6) is 0 Å². The molecule has 0 heterocycles. The summed E-state index contributed by atoms with van der Waals surface area (Å²) in [6, 6.07) is 0. The van der Waals surface area contributed by atoms with Gasteiger partial charge in [0.05, 0.1) is 6.10 Å². The van der Waals surface area contributed by atoms with Crippen LogP contribution in [-0.4, -0.2) is 34.0 Å². The Bertz CT molecular complexity index is 1450. The molecule has 0 fully saturated rings. The van der Waals surface area contributed by atoms with Gasteiger partial charge in [-0.05, 0) is 75.7 Å². The van der Waals surface area contributed by atoms with Crippen molar-refractivity contribution in [3.05, 3.63) is 130 Å². The molecule has 4 heteroatoms. The van der Waals surface area contributed by atoms with Gasteiger partial charge in [-0.2, -0.15) is 0 Å². The van der Waals surface area contributed by atoms with Crippen molar-refractivity contribution in [1.82, 2.24) is 0 Å². The van der Waals surface area contributed by atoms with Crippen molar-refractivity contribution in [2.75, 3.05) is 0 Å². The molecule has 4 nitrogen and oxygen atoms in total. The van der Waals surface area contributed by atoms with Gasteiger partial charge >= 0.3 is 0 Å². The molecule has 2 atom stereocenters. The molecule has 44 heavy (non-hydrogen) atoms. The molecule has 0 saturated heterocycles. The second-order valence-electron chi connectivity index (χ2n) is 13.3. The number of carbonyl (C=O) groups excluding carboxylic acids is 2. The average Bonchev–Trinajstić information content (AvgIpc) is 2.92. The molecule has 0 spiro atoms. The predicted molar refractivity (Wildman–Crippen MR) is 185 cm³/mol. The zero-order valence-electron chi connectivity index (χ0n) is 28.4. The van der Waals surface area contributed by atoms with Crippen molar-refractivity contribution < 1.29 is 19.8 Å². The molecule has 0 aliphatic heterocycles. The number of ketones is 2. The lowest BCUT2D eigenvalue weighted by Crippen LogP contribution is -2.38. The maximum Gasteiger partial charge on any atom is 0.187 e. The van der Waals surface area contributed by atoms with Crippen LogP contribution in [0, 0.1) is 10.8 Å². The Kier molecular flexibility index (Phi) is 13.2. The SMILES string of the molecule is CC(C=CC=C(C)C=CC1=C(C)C(=O)C(O)CC1(C)C)=CC=CC=C(C)C=CC=C(C)C=CC1=C(C)C(=O)CC(O)C1(C)C. The summed E-state index contributed by atoms with van der Waals surface area (Å²) in [6.45, 7) is 19.9. The van der Waals surface area contributed by atoms with Crippen LogP contribution < -0.4 is 0 Å². The van der Waals surface area contributed by atoms with Gasteiger partial charge in [-0.15, -0.1) is 0 Å². The molecule has 2 unspecified atom stereocenters. The third-order valence-electron chi connectivity index (χ3n) is 8.53. The Morgan fingerprint density at radius 1 is 0.659 bits per heavy atom. The second-order valence-corrected chi connectivity index (χ2v) is 13.3. The molecule has 2 N–H and O–H groups in total. The summed E-state index contributed by atoms with van der Waals surface area (Å²) in [5.74, 6) is -0.163. The number of aliphatic hydroxyl groups excluding tert-OH is 2. The summed E-state index contributed by atoms with van der Waals surface area (Å²) in [7, 11) is 0. The zero-order valence-corrected chi connectivity index (χ0v) is 28.4. The number of hydrogen-bond donors (Lipinski definition) is 2. The number of hydrogen-bond acceptors (Lipinski definition) is 4. The zero-order chi connectivity index (χ0) is 33.2. The van der Waals surface area contributed by atoms with E-state index >= 15 is 0 Å². The normalized spacial score (nSPS) is 24.5. The van der Waals surface area contributed by atoms with Crippen LogP contribution >= 0.6 is 0 Å². The highest BCUT2D eigenvalue weighted by Gasteiger charge is 2.39. The van der Waals surface area contributed by atoms with Gasteiger partial charge in [0.2, 0.25) is 0 Å². The topological polar surface area (TPSA) is 74.6 Å². The minimum Gasteiger partial charge on any atom is -0.392 e. The smallest absolute Gasteiger partial charge is 0.187 e. The quantitative estimate of drug-likeness (QED) is 0.247. The minimum absolute atomic E-state index is 0.0127. The van der Waals surface area contributed by atoms with E-state index in [4.69, 9.17) is 0 Å². The Morgan fingerprint density at radius 3 is 1.59 bits per heavy atom. The molecule has 0 amide bonds. The van der Waals surface area contributed by atoms with E-state index in [1.165, 1.54) is 0 Å². The van der Waals surface area contributed by atoms with Crippen molar-refractivity contribution in [3.63, 3.8) is 0 Å². The van der Waals surface area contributed by atoms with Crippen LogP contribution in [0.2, 0.25) is 0 Å². The lowest BCUT2D eigenvalue weighted by atomic mass is 9.70. The van der Waals surface area contributed by atoms with Crippen molar-refractivity contribution in [2.24, 2.45) is 10.8 Å². The van der Waals surface area contributed by atoms with Gasteiger partial charge in [0.15, 0.2) is 11.6 Å². The van der Waals surface area contributed by atoms with Crippen LogP contribution in [0.4, 0.5) is 0 Å². The summed E-state index contributed by atoms with van der Waals surface area (Å²) in [6.07, 6.45) is 27.4. The van der Waals surface area contributed by atoms with E-state index in [9.17, 15) is 19.8 Å². The first-order valence-corrected chi connectivity index (χ1v) is 15.4. The molecule has 0 aromatic heterocycles. The lowest BCUT2D eigenvalue weighted by molar-refractivity contribution is -0.125. The number of rotatable bonds is 10. The number of carbonyl (C=O) groups is 2. The third-order valence-corrected chi connectivity index (χ3v) is 8.53. The molecule has 0 radical (unpaired) electrons. The third kappa shape index (κ3) is 10.2. The molecule has 0 aromatic rings. The molecule has 2 rings (SSSR count). The fraction of sp³-hybridized carbons (Fsp3) is 0.400. The molecular formula is C40H52O4. The highest BCUT2D eigenvalue weighted by Crippen LogP contribution is 2.40. The standard InChI is InChI=1S/C40H52O4/c1-27(17-13-19-29(3)21-23-33-32(6)38(44)36(42)26-39(33,7)8)15-11-12-16-28(2)18-14-20-30(4)22-24-34-31(5)35(41)25-37(43)40(34,9)10/h11-24,36-37,42-43H,25-26H2,1-10H3. The molecule has 0 aromatic carbocycles. The lowest BCUT2D eigenvalue weighted by Gasteiger charge is -2.36. The van der Waals surface area contributed by atoms with Gasteiger partial charge in [-0.1, -0.05) is 135 Å². The highest BCUT2D eigenvalue weighted by atomic mass is 16.3. The Morgan fingerprint density at radius 2 is 1.09 bits per heavy atom. The molecule has 0 bridgehead atoms. The van der Waals surface area contributed by atoms with Crippen molar-refractivity contribution in [3.8, 4) is 0 Å². The Hall–Kier alpha value is -3.60. The molecule has 0 saturated carbocycles.